The van der Waals surface area contributed by atoms with Crippen LogP contribution in [0, 0.1) is 23.2 Å². The van der Waals surface area contributed by atoms with E-state index in [0.29, 0.717) is 35.0 Å². The Morgan fingerprint density at radius 2 is 0.667 bits per heavy atom. The third kappa shape index (κ3) is 23.6. The van der Waals surface area contributed by atoms with Gasteiger partial charge >= 0.3 is 0 Å². The average molecular weight is 687 g/mol. The van der Waals surface area contributed by atoms with Crippen LogP contribution in [-0.2, 0) is 14.2 Å². The summed E-state index contributed by atoms with van der Waals surface area (Å²) < 4.78 is 19.0. The van der Waals surface area contributed by atoms with Gasteiger partial charge in [-0.2, -0.15) is 0 Å². The molecule has 0 heterocycles. The maximum Gasteiger partial charge on any atom is 0.162 e. The Hall–Kier alpha value is -0.330. The van der Waals surface area contributed by atoms with Crippen LogP contribution in [0.15, 0.2) is 0 Å². The molecule has 45 heavy (non-hydrogen) atoms. The van der Waals surface area contributed by atoms with Crippen LogP contribution < -0.4 is 0 Å². The van der Waals surface area contributed by atoms with Crippen molar-refractivity contribution < 1.29 is 14.2 Å². The first-order valence-electron chi connectivity index (χ1n) is 19.2. The number of ether oxygens (including phenoxy) is 3. The standard InChI is InChI=1S/C39H74O3S3/c1-8-12-15-18-21-24-27-33(5)36(43)40-30-39(11-4,31-41-37(44)34(6)28-25-22-19-16-13-9-2)32-42-38(45)35(7)29-26-23-20-17-14-10-3/h33-35H,8-32H2,1-7H3. The highest BCUT2D eigenvalue weighted by Gasteiger charge is 2.34. The fourth-order valence-corrected chi connectivity index (χ4v) is 6.11. The quantitative estimate of drug-likeness (QED) is 0.0532. The number of rotatable bonds is 31. The zero-order chi connectivity index (χ0) is 33.8. The molecule has 0 aromatic carbocycles. The molecule has 0 rings (SSSR count). The lowest BCUT2D eigenvalue weighted by molar-refractivity contribution is 0.0144. The van der Waals surface area contributed by atoms with Crippen LogP contribution in [-0.4, -0.2) is 35.0 Å². The van der Waals surface area contributed by atoms with Crippen molar-refractivity contribution in [2.75, 3.05) is 19.8 Å². The van der Waals surface area contributed by atoms with E-state index in [4.69, 9.17) is 50.9 Å². The fraction of sp³-hybridized carbons (Fsp3) is 0.923. The van der Waals surface area contributed by atoms with E-state index < -0.39 is 0 Å². The summed E-state index contributed by atoms with van der Waals surface area (Å²) in [5, 5.41) is 2.12. The molecule has 0 fully saturated rings. The molecular formula is C39H74O3S3. The Morgan fingerprint density at radius 3 is 0.911 bits per heavy atom. The zero-order valence-electron chi connectivity index (χ0n) is 30.9. The van der Waals surface area contributed by atoms with Crippen LogP contribution in [0.3, 0.4) is 0 Å². The van der Waals surface area contributed by atoms with Gasteiger partial charge in [-0.1, -0.05) is 164 Å². The molecule has 3 unspecified atom stereocenters. The van der Waals surface area contributed by atoms with Crippen molar-refractivity contribution in [1.82, 2.24) is 0 Å². The Morgan fingerprint density at radius 1 is 0.422 bits per heavy atom. The van der Waals surface area contributed by atoms with Crippen molar-refractivity contribution >= 4 is 51.8 Å². The van der Waals surface area contributed by atoms with Gasteiger partial charge in [0, 0.05) is 17.8 Å². The van der Waals surface area contributed by atoms with Crippen LogP contribution in [0.1, 0.15) is 190 Å². The predicted octanol–water partition coefficient (Wildman–Crippen LogP) is 13.6. The maximum atomic E-state index is 6.35. The van der Waals surface area contributed by atoms with Gasteiger partial charge < -0.3 is 14.2 Å². The second kappa shape index (κ2) is 29.8. The summed E-state index contributed by atoms with van der Waals surface area (Å²) in [6, 6.07) is 0. The highest BCUT2D eigenvalue weighted by molar-refractivity contribution is 7.80. The normalized spacial score (nSPS) is 14.7. The Labute approximate surface area is 297 Å². The molecule has 0 aliphatic rings. The molecule has 0 spiro atoms. The van der Waals surface area contributed by atoms with Gasteiger partial charge in [-0.15, -0.1) is 0 Å². The van der Waals surface area contributed by atoms with Crippen molar-refractivity contribution in [1.29, 1.82) is 0 Å². The van der Waals surface area contributed by atoms with E-state index in [2.05, 4.69) is 48.5 Å². The summed E-state index contributed by atoms with van der Waals surface area (Å²) in [6.45, 7) is 17.0. The highest BCUT2D eigenvalue weighted by atomic mass is 32.1. The molecular weight excluding hydrogens is 613 g/mol. The molecule has 0 aliphatic heterocycles. The van der Waals surface area contributed by atoms with Crippen molar-refractivity contribution in [3.63, 3.8) is 0 Å². The molecule has 0 aromatic heterocycles. The first-order chi connectivity index (χ1) is 21.7. The number of hydrogen-bond donors (Lipinski definition) is 0. The Bertz CT molecular complexity index is 648. The molecule has 3 nitrogen and oxygen atoms in total. The SMILES string of the molecule is CCCCCCCCC(C)C(=S)OCC(CC)(COC(=S)C(C)CCCCCCCC)COC(=S)C(C)CCCCCCCC. The number of thiocarbonyl (C=S) groups is 3. The molecule has 0 saturated carbocycles. The molecule has 0 N–H and O–H groups in total. The van der Waals surface area contributed by atoms with Crippen molar-refractivity contribution in [3.8, 4) is 0 Å². The lowest BCUT2D eigenvalue weighted by Crippen LogP contribution is -2.40. The summed E-state index contributed by atoms with van der Waals surface area (Å²) in [4.78, 5) is 0. The van der Waals surface area contributed by atoms with Gasteiger partial charge in [0.25, 0.3) is 0 Å². The minimum absolute atomic E-state index is 0.263. The maximum absolute atomic E-state index is 6.35. The van der Waals surface area contributed by atoms with Crippen molar-refractivity contribution in [2.24, 2.45) is 23.2 Å². The first-order valence-corrected chi connectivity index (χ1v) is 20.4. The van der Waals surface area contributed by atoms with Crippen LogP contribution in [0.25, 0.3) is 0 Å². The van der Waals surface area contributed by atoms with E-state index in [-0.39, 0.29) is 23.2 Å². The molecule has 266 valence electrons. The zero-order valence-corrected chi connectivity index (χ0v) is 33.3. The molecule has 0 bridgehead atoms. The second-order valence-corrected chi connectivity index (χ2v) is 15.3. The lowest BCUT2D eigenvalue weighted by atomic mass is 9.87. The summed E-state index contributed by atoms with van der Waals surface area (Å²) in [6.07, 6.45) is 27.3. The van der Waals surface area contributed by atoms with Crippen LogP contribution in [0.5, 0.6) is 0 Å². The van der Waals surface area contributed by atoms with Gasteiger partial charge in [-0.3, -0.25) is 0 Å². The number of hydrogen-bond acceptors (Lipinski definition) is 6. The van der Waals surface area contributed by atoms with E-state index in [1.54, 1.807) is 0 Å². The van der Waals surface area contributed by atoms with Gasteiger partial charge in [-0.25, -0.2) is 0 Å². The lowest BCUT2D eigenvalue weighted by Gasteiger charge is -2.34. The minimum Gasteiger partial charge on any atom is -0.486 e. The smallest absolute Gasteiger partial charge is 0.162 e. The van der Waals surface area contributed by atoms with Gasteiger partial charge in [0.05, 0.1) is 5.41 Å². The summed E-state index contributed by atoms with van der Waals surface area (Å²) in [5.74, 6) is 0.790. The van der Waals surface area contributed by atoms with Gasteiger partial charge in [0.1, 0.15) is 19.8 Å². The molecule has 0 saturated heterocycles. The molecule has 0 radical (unpaired) electrons. The van der Waals surface area contributed by atoms with Crippen molar-refractivity contribution in [3.05, 3.63) is 0 Å². The Kier molecular flexibility index (Phi) is 29.6. The average Bonchev–Trinajstić information content (AvgIpc) is 3.04. The second-order valence-electron chi connectivity index (χ2n) is 14.0. The van der Waals surface area contributed by atoms with Gasteiger partial charge in [-0.05, 0) is 62.3 Å². The van der Waals surface area contributed by atoms with Crippen LogP contribution in [0.2, 0.25) is 0 Å². The van der Waals surface area contributed by atoms with Gasteiger partial charge in [0.2, 0.25) is 0 Å². The van der Waals surface area contributed by atoms with E-state index in [0.717, 1.165) is 25.7 Å². The third-order valence-corrected chi connectivity index (χ3v) is 11.1. The first kappa shape index (κ1) is 44.7. The number of unbranched alkanes of at least 4 members (excludes halogenated alkanes) is 15. The third-order valence-electron chi connectivity index (χ3n) is 9.49. The monoisotopic (exact) mass is 686 g/mol. The molecule has 0 amide bonds. The fourth-order valence-electron chi connectivity index (χ4n) is 5.58. The van der Waals surface area contributed by atoms with E-state index in [1.807, 2.05) is 0 Å². The molecule has 0 aromatic rings. The van der Waals surface area contributed by atoms with E-state index in [1.165, 1.54) is 116 Å². The van der Waals surface area contributed by atoms with Gasteiger partial charge in [0.15, 0.2) is 15.2 Å². The topological polar surface area (TPSA) is 27.7 Å². The summed E-state index contributed by atoms with van der Waals surface area (Å²) >= 11 is 17.3. The van der Waals surface area contributed by atoms with Crippen LogP contribution >= 0.6 is 36.7 Å². The van der Waals surface area contributed by atoms with Crippen molar-refractivity contribution in [2.45, 2.75) is 190 Å². The predicted molar refractivity (Wildman–Crippen MR) is 210 cm³/mol. The van der Waals surface area contributed by atoms with E-state index >= 15 is 0 Å². The Balaban J connectivity index is 5.10. The largest absolute Gasteiger partial charge is 0.486 e. The summed E-state index contributed by atoms with van der Waals surface area (Å²) in [7, 11) is 0. The summed E-state index contributed by atoms with van der Waals surface area (Å²) in [5.41, 5.74) is -0.363. The highest BCUT2D eigenvalue weighted by Crippen LogP contribution is 2.28. The molecule has 6 heteroatoms. The minimum atomic E-state index is -0.363. The molecule has 3 atom stereocenters. The van der Waals surface area contributed by atoms with Crippen LogP contribution in [0.4, 0.5) is 0 Å². The molecule has 0 aliphatic carbocycles. The van der Waals surface area contributed by atoms with E-state index in [9.17, 15) is 0 Å².